The number of benzene rings is 1. The molecule has 0 fully saturated rings. The molecule has 2 rings (SSSR count). The van der Waals surface area contributed by atoms with E-state index in [1.165, 1.54) is 0 Å². The summed E-state index contributed by atoms with van der Waals surface area (Å²) in [6, 6.07) is 7.53. The predicted molar refractivity (Wildman–Crippen MR) is 67.3 cm³/mol. The van der Waals surface area contributed by atoms with Crippen molar-refractivity contribution in [2.75, 3.05) is 5.32 Å². The number of carbonyl (C=O) groups is 2. The molecule has 0 atom stereocenters. The molecule has 1 heterocycles. The monoisotopic (exact) mass is 251 g/mol. The Kier molecular flexibility index (Phi) is 5.17. The van der Waals surface area contributed by atoms with Gasteiger partial charge in [0, 0.05) is 12.1 Å². The second-order valence-corrected chi connectivity index (χ2v) is 4.39. The van der Waals surface area contributed by atoms with Gasteiger partial charge >= 0.3 is 12.1 Å². The first-order chi connectivity index (χ1) is 8.47. The van der Waals surface area contributed by atoms with Crippen LogP contribution in [-0.4, -0.2) is 17.2 Å². The summed E-state index contributed by atoms with van der Waals surface area (Å²) in [5.74, 6) is -0.438. The zero-order valence-electron chi connectivity index (χ0n) is 10.5. The molecule has 0 saturated carbocycles. The molecule has 0 radical (unpaired) electrons. The Morgan fingerprint density at radius 1 is 1.50 bits per heavy atom. The lowest BCUT2D eigenvalue weighted by Crippen LogP contribution is -2.09. The Balaban J connectivity index is 0.000000203. The number of ether oxygens (including phenoxy) is 1. The van der Waals surface area contributed by atoms with Crippen LogP contribution in [0.2, 0.25) is 0 Å². The third-order valence-electron chi connectivity index (χ3n) is 2.13. The minimum atomic E-state index is -0.713. The zero-order chi connectivity index (χ0) is 13.5. The first kappa shape index (κ1) is 14.0. The van der Waals surface area contributed by atoms with Crippen molar-refractivity contribution >= 4 is 17.7 Å². The Hall–Kier alpha value is -2.04. The molecule has 0 saturated heterocycles. The fourth-order valence-corrected chi connectivity index (χ4v) is 1.39. The summed E-state index contributed by atoms with van der Waals surface area (Å²) in [6.45, 7) is 4.13. The summed E-state index contributed by atoms with van der Waals surface area (Å²) in [7, 11) is 0. The van der Waals surface area contributed by atoms with Gasteiger partial charge in [0.25, 0.3) is 0 Å². The van der Waals surface area contributed by atoms with Crippen molar-refractivity contribution in [1.29, 1.82) is 0 Å². The number of anilines is 1. The lowest BCUT2D eigenvalue weighted by Gasteiger charge is -1.97. The molecule has 0 unspecified atom stereocenters. The number of amides is 1. The molecule has 2 N–H and O–H groups in total. The molecule has 1 aromatic carbocycles. The van der Waals surface area contributed by atoms with Crippen LogP contribution in [0.4, 0.5) is 10.5 Å². The highest BCUT2D eigenvalue weighted by Gasteiger charge is 2.08. The van der Waals surface area contributed by atoms with Gasteiger partial charge in [0.05, 0.1) is 0 Å². The summed E-state index contributed by atoms with van der Waals surface area (Å²) in [4.78, 5) is 20.6. The molecule has 5 heteroatoms. The first-order valence-electron chi connectivity index (χ1n) is 5.72. The number of carbonyl (C=O) groups excluding carboxylic acids is 1. The molecule has 0 aromatic heterocycles. The van der Waals surface area contributed by atoms with E-state index >= 15 is 0 Å². The topological polar surface area (TPSA) is 75.6 Å². The average Bonchev–Trinajstić information content (AvgIpc) is 2.37. The van der Waals surface area contributed by atoms with E-state index in [0.29, 0.717) is 6.61 Å². The van der Waals surface area contributed by atoms with Gasteiger partial charge in [-0.2, -0.15) is 0 Å². The maximum absolute atomic E-state index is 10.8. The van der Waals surface area contributed by atoms with Gasteiger partial charge in [0.1, 0.15) is 6.61 Å². The van der Waals surface area contributed by atoms with Gasteiger partial charge < -0.3 is 9.84 Å². The third-order valence-corrected chi connectivity index (χ3v) is 2.13. The number of rotatable bonds is 2. The Morgan fingerprint density at radius 3 is 2.78 bits per heavy atom. The van der Waals surface area contributed by atoms with E-state index in [2.05, 4.69) is 5.32 Å². The first-order valence-corrected chi connectivity index (χ1v) is 5.72. The minimum absolute atomic E-state index is 0.275. The number of carboxylic acids is 1. The van der Waals surface area contributed by atoms with Crippen LogP contribution >= 0.6 is 0 Å². The van der Waals surface area contributed by atoms with E-state index in [1.807, 2.05) is 38.1 Å². The number of hydrogen-bond donors (Lipinski definition) is 2. The summed E-state index contributed by atoms with van der Waals surface area (Å²) < 4.78 is 4.81. The van der Waals surface area contributed by atoms with Crippen LogP contribution in [0.5, 0.6) is 0 Å². The smallest absolute Gasteiger partial charge is 0.411 e. The maximum atomic E-state index is 10.8. The van der Waals surface area contributed by atoms with Gasteiger partial charge in [-0.3, -0.25) is 10.1 Å². The summed E-state index contributed by atoms with van der Waals surface area (Å²) >= 11 is 0. The standard InChI is InChI=1S/C8H7NO2.C5H10O2/c10-8-9-7-3-1-2-6(4-7)5-11-8;1-4(2)3-5(6)7/h1-4H,5H2,(H,9,10);4H,3H2,1-2H3,(H,6,7). The van der Waals surface area contributed by atoms with Crippen LogP contribution in [-0.2, 0) is 16.1 Å². The maximum Gasteiger partial charge on any atom is 0.411 e. The molecule has 18 heavy (non-hydrogen) atoms. The third kappa shape index (κ3) is 5.34. The largest absolute Gasteiger partial charge is 0.481 e. The molecule has 98 valence electrons. The summed E-state index contributed by atoms with van der Waals surface area (Å²) in [6.07, 6.45) is -0.105. The van der Waals surface area contributed by atoms with Gasteiger partial charge in [0.2, 0.25) is 0 Å². The average molecular weight is 251 g/mol. The molecule has 2 bridgehead atoms. The van der Waals surface area contributed by atoms with Crippen LogP contribution in [0.25, 0.3) is 0 Å². The highest BCUT2D eigenvalue weighted by atomic mass is 16.5. The second kappa shape index (κ2) is 6.64. The van der Waals surface area contributed by atoms with Crippen molar-refractivity contribution in [3.63, 3.8) is 0 Å². The second-order valence-electron chi connectivity index (χ2n) is 4.39. The fraction of sp³-hybridized carbons (Fsp3) is 0.385. The van der Waals surface area contributed by atoms with Crippen LogP contribution in [0.1, 0.15) is 25.8 Å². The van der Waals surface area contributed by atoms with Crippen LogP contribution in [0.15, 0.2) is 24.3 Å². The molecular weight excluding hydrogens is 234 g/mol. The number of fused-ring (bicyclic) bond motifs is 2. The summed E-state index contributed by atoms with van der Waals surface area (Å²) in [5, 5.41) is 10.7. The highest BCUT2D eigenvalue weighted by Crippen LogP contribution is 2.15. The van der Waals surface area contributed by atoms with Crippen molar-refractivity contribution in [3.05, 3.63) is 29.8 Å². The molecule has 1 aliphatic rings. The minimum Gasteiger partial charge on any atom is -0.481 e. The highest BCUT2D eigenvalue weighted by molar-refractivity contribution is 5.85. The molecule has 1 aliphatic heterocycles. The van der Waals surface area contributed by atoms with Crippen molar-refractivity contribution < 1.29 is 19.4 Å². The molecule has 5 nitrogen and oxygen atoms in total. The van der Waals surface area contributed by atoms with Crippen molar-refractivity contribution in [3.8, 4) is 0 Å². The normalized spacial score (nSPS) is 12.7. The van der Waals surface area contributed by atoms with Crippen molar-refractivity contribution in [2.24, 2.45) is 5.92 Å². The number of hydrogen-bond acceptors (Lipinski definition) is 3. The molecule has 0 aliphatic carbocycles. The quantitative estimate of drug-likeness (QED) is 0.847. The lowest BCUT2D eigenvalue weighted by molar-refractivity contribution is -0.137. The lowest BCUT2D eigenvalue weighted by atomic mass is 10.1. The van der Waals surface area contributed by atoms with E-state index in [0.717, 1.165) is 11.3 Å². The Morgan fingerprint density at radius 2 is 2.22 bits per heavy atom. The van der Waals surface area contributed by atoms with E-state index in [9.17, 15) is 9.59 Å². The molecular formula is C13H17NO4. The predicted octanol–water partition coefficient (Wildman–Crippen LogP) is 2.87. The van der Waals surface area contributed by atoms with E-state index in [1.54, 1.807) is 0 Å². The van der Waals surface area contributed by atoms with E-state index < -0.39 is 5.97 Å². The number of cyclic esters (lactones) is 1. The SMILES string of the molecule is CC(C)CC(=O)O.O=C1Nc2cccc(c2)CO1. The van der Waals surface area contributed by atoms with E-state index in [4.69, 9.17) is 9.84 Å². The number of nitrogens with one attached hydrogen (secondary N) is 1. The Bertz CT molecular complexity index is 429. The number of carboxylic acid groups (broad SMARTS) is 1. The van der Waals surface area contributed by atoms with Crippen molar-refractivity contribution in [1.82, 2.24) is 0 Å². The zero-order valence-corrected chi connectivity index (χ0v) is 10.5. The van der Waals surface area contributed by atoms with Gasteiger partial charge in [-0.25, -0.2) is 4.79 Å². The molecule has 1 amide bonds. The van der Waals surface area contributed by atoms with Crippen LogP contribution in [0.3, 0.4) is 0 Å². The molecule has 0 spiro atoms. The van der Waals surface area contributed by atoms with E-state index in [-0.39, 0.29) is 18.4 Å². The number of aliphatic carboxylic acids is 1. The van der Waals surface area contributed by atoms with Crippen LogP contribution in [0, 0.1) is 5.92 Å². The Labute approximate surface area is 106 Å². The van der Waals surface area contributed by atoms with Gasteiger partial charge in [-0.05, 0) is 23.6 Å². The van der Waals surface area contributed by atoms with Crippen molar-refractivity contribution in [2.45, 2.75) is 26.9 Å². The summed E-state index contributed by atoms with van der Waals surface area (Å²) in [5.41, 5.74) is 1.81. The fourth-order valence-electron chi connectivity index (χ4n) is 1.39. The van der Waals surface area contributed by atoms with Gasteiger partial charge in [-0.1, -0.05) is 26.0 Å². The van der Waals surface area contributed by atoms with Crippen LogP contribution < -0.4 is 5.32 Å². The molecule has 1 aromatic rings. The van der Waals surface area contributed by atoms with Gasteiger partial charge in [-0.15, -0.1) is 0 Å². The van der Waals surface area contributed by atoms with Gasteiger partial charge in [0.15, 0.2) is 0 Å².